The van der Waals surface area contributed by atoms with Crippen molar-refractivity contribution in [3.63, 3.8) is 0 Å². The first kappa shape index (κ1) is 14.6. The summed E-state index contributed by atoms with van der Waals surface area (Å²) in [5.74, 6) is -1.12. The summed E-state index contributed by atoms with van der Waals surface area (Å²) in [7, 11) is 0. The third kappa shape index (κ3) is 4.10. The van der Waals surface area contributed by atoms with Crippen molar-refractivity contribution >= 4 is 34.6 Å². The van der Waals surface area contributed by atoms with Gasteiger partial charge in [0, 0.05) is 23.7 Å². The molecule has 2 aromatic heterocycles. The lowest BCUT2D eigenvalue weighted by molar-refractivity contribution is -0.120. The lowest BCUT2D eigenvalue weighted by Gasteiger charge is -2.02. The normalized spacial score (nSPS) is 10.4. The van der Waals surface area contributed by atoms with Gasteiger partial charge in [-0.05, 0) is 6.92 Å². The van der Waals surface area contributed by atoms with Crippen LogP contribution in [0.2, 0.25) is 0 Å². The lowest BCUT2D eigenvalue weighted by Crippen LogP contribution is -2.27. The second-order valence-electron chi connectivity index (χ2n) is 4.07. The summed E-state index contributed by atoms with van der Waals surface area (Å²) in [5, 5.41) is 16.5. The van der Waals surface area contributed by atoms with E-state index in [0.29, 0.717) is 18.0 Å². The number of thiazole rings is 2. The maximum Gasteiger partial charge on any atom is 0.355 e. The van der Waals surface area contributed by atoms with Crippen molar-refractivity contribution in [2.45, 2.75) is 19.8 Å². The first-order valence-electron chi connectivity index (χ1n) is 5.90. The third-order valence-electron chi connectivity index (χ3n) is 2.44. The summed E-state index contributed by atoms with van der Waals surface area (Å²) in [6.45, 7) is 2.34. The van der Waals surface area contributed by atoms with Crippen LogP contribution in [0.25, 0.3) is 0 Å². The largest absolute Gasteiger partial charge is 0.476 e. The Balaban J connectivity index is 1.74. The van der Waals surface area contributed by atoms with Crippen molar-refractivity contribution in [1.82, 2.24) is 15.3 Å². The number of hydrogen-bond acceptors (Lipinski definition) is 6. The van der Waals surface area contributed by atoms with Gasteiger partial charge in [-0.15, -0.1) is 22.7 Å². The van der Waals surface area contributed by atoms with Crippen LogP contribution in [0, 0.1) is 6.92 Å². The monoisotopic (exact) mass is 311 g/mol. The molecule has 0 spiro atoms. The molecular formula is C12H13N3O3S2. The Morgan fingerprint density at radius 3 is 2.70 bits per heavy atom. The van der Waals surface area contributed by atoms with Crippen LogP contribution in [-0.4, -0.2) is 33.5 Å². The molecule has 0 saturated heterocycles. The summed E-state index contributed by atoms with van der Waals surface area (Å²) in [6.07, 6.45) is 0.794. The van der Waals surface area contributed by atoms with E-state index in [9.17, 15) is 9.59 Å². The van der Waals surface area contributed by atoms with Gasteiger partial charge in [0.25, 0.3) is 0 Å². The van der Waals surface area contributed by atoms with Crippen LogP contribution in [0.1, 0.15) is 26.2 Å². The molecule has 20 heavy (non-hydrogen) atoms. The standard InChI is InChI=1S/C12H13N3O3S2/c1-7-14-8(5-19-7)4-10(16)13-3-2-11-15-9(6-20-11)12(17)18/h5-6H,2-4H2,1H3,(H,13,16)(H,17,18). The van der Waals surface area contributed by atoms with Gasteiger partial charge in [-0.25, -0.2) is 14.8 Å². The van der Waals surface area contributed by atoms with Crippen LogP contribution in [0.5, 0.6) is 0 Å². The van der Waals surface area contributed by atoms with Crippen LogP contribution in [0.4, 0.5) is 0 Å². The summed E-state index contributed by atoms with van der Waals surface area (Å²) >= 11 is 2.80. The van der Waals surface area contributed by atoms with Crippen LogP contribution < -0.4 is 5.32 Å². The Bertz CT molecular complexity index is 621. The Morgan fingerprint density at radius 2 is 2.10 bits per heavy atom. The lowest BCUT2D eigenvalue weighted by atomic mass is 10.3. The van der Waals surface area contributed by atoms with Gasteiger partial charge in [-0.2, -0.15) is 0 Å². The minimum Gasteiger partial charge on any atom is -0.476 e. The molecule has 0 fully saturated rings. The summed E-state index contributed by atoms with van der Waals surface area (Å²) < 4.78 is 0. The number of hydrogen-bond donors (Lipinski definition) is 2. The highest BCUT2D eigenvalue weighted by Crippen LogP contribution is 2.10. The predicted molar refractivity (Wildman–Crippen MR) is 76.3 cm³/mol. The van der Waals surface area contributed by atoms with Crippen molar-refractivity contribution in [3.05, 3.63) is 32.2 Å². The summed E-state index contributed by atoms with van der Waals surface area (Å²) in [5.41, 5.74) is 0.821. The van der Waals surface area contributed by atoms with Gasteiger partial charge in [0.1, 0.15) is 0 Å². The number of aromatic carboxylic acids is 1. The average molecular weight is 311 g/mol. The fourth-order valence-electron chi connectivity index (χ4n) is 1.55. The molecular weight excluding hydrogens is 298 g/mol. The fraction of sp³-hybridized carbons (Fsp3) is 0.333. The van der Waals surface area contributed by atoms with E-state index in [-0.39, 0.29) is 18.0 Å². The molecule has 106 valence electrons. The van der Waals surface area contributed by atoms with Crippen molar-refractivity contribution in [2.75, 3.05) is 6.54 Å². The molecule has 2 heterocycles. The van der Waals surface area contributed by atoms with Gasteiger partial charge in [-0.3, -0.25) is 4.79 Å². The van der Waals surface area contributed by atoms with Gasteiger partial charge in [0.2, 0.25) is 5.91 Å². The molecule has 0 radical (unpaired) electrons. The molecule has 0 atom stereocenters. The molecule has 8 heteroatoms. The van der Waals surface area contributed by atoms with Gasteiger partial charge in [0.05, 0.1) is 22.1 Å². The number of amides is 1. The SMILES string of the molecule is Cc1nc(CC(=O)NCCc2nc(C(=O)O)cs2)cs1. The maximum atomic E-state index is 11.7. The van der Waals surface area contributed by atoms with Gasteiger partial charge < -0.3 is 10.4 Å². The van der Waals surface area contributed by atoms with E-state index in [4.69, 9.17) is 5.11 Å². The first-order valence-corrected chi connectivity index (χ1v) is 7.66. The number of carbonyl (C=O) groups is 2. The van der Waals surface area contributed by atoms with E-state index >= 15 is 0 Å². The van der Waals surface area contributed by atoms with Crippen LogP contribution in [0.3, 0.4) is 0 Å². The van der Waals surface area contributed by atoms with E-state index in [1.165, 1.54) is 28.1 Å². The Hall–Kier alpha value is -1.80. The van der Waals surface area contributed by atoms with Crippen molar-refractivity contribution in [1.29, 1.82) is 0 Å². The highest BCUT2D eigenvalue weighted by atomic mass is 32.1. The van der Waals surface area contributed by atoms with Crippen LogP contribution in [-0.2, 0) is 17.6 Å². The molecule has 2 aromatic rings. The summed E-state index contributed by atoms with van der Waals surface area (Å²) in [4.78, 5) is 30.5. The molecule has 0 aliphatic rings. The van der Waals surface area contributed by atoms with Crippen LogP contribution in [0.15, 0.2) is 10.8 Å². The van der Waals surface area contributed by atoms with E-state index < -0.39 is 5.97 Å². The molecule has 0 bridgehead atoms. The highest BCUT2D eigenvalue weighted by molar-refractivity contribution is 7.10. The molecule has 6 nitrogen and oxygen atoms in total. The second-order valence-corrected chi connectivity index (χ2v) is 6.07. The number of nitrogens with one attached hydrogen (secondary N) is 1. The first-order chi connectivity index (χ1) is 9.54. The summed E-state index contributed by atoms with van der Waals surface area (Å²) in [6, 6.07) is 0. The maximum absolute atomic E-state index is 11.7. The Morgan fingerprint density at radius 1 is 1.30 bits per heavy atom. The van der Waals surface area contributed by atoms with Crippen molar-refractivity contribution < 1.29 is 14.7 Å². The Kier molecular flexibility index (Phi) is 4.80. The quantitative estimate of drug-likeness (QED) is 0.843. The number of rotatable bonds is 6. The molecule has 0 saturated carbocycles. The average Bonchev–Trinajstić information content (AvgIpc) is 2.99. The van der Waals surface area contributed by atoms with E-state index in [0.717, 1.165) is 10.7 Å². The minimum atomic E-state index is -1.03. The zero-order valence-corrected chi connectivity index (χ0v) is 12.4. The zero-order valence-electron chi connectivity index (χ0n) is 10.8. The van der Waals surface area contributed by atoms with E-state index in [1.807, 2.05) is 12.3 Å². The topological polar surface area (TPSA) is 92.2 Å². The van der Waals surface area contributed by atoms with E-state index in [2.05, 4.69) is 15.3 Å². The van der Waals surface area contributed by atoms with Crippen molar-refractivity contribution in [3.8, 4) is 0 Å². The smallest absolute Gasteiger partial charge is 0.355 e. The molecule has 0 unspecified atom stereocenters. The molecule has 2 N–H and O–H groups in total. The number of nitrogens with zero attached hydrogens (tertiary/aromatic N) is 2. The van der Waals surface area contributed by atoms with Crippen LogP contribution >= 0.6 is 22.7 Å². The number of aromatic nitrogens is 2. The van der Waals surface area contributed by atoms with Gasteiger partial charge >= 0.3 is 5.97 Å². The van der Waals surface area contributed by atoms with E-state index in [1.54, 1.807) is 0 Å². The highest BCUT2D eigenvalue weighted by Gasteiger charge is 2.09. The van der Waals surface area contributed by atoms with Gasteiger partial charge in [0.15, 0.2) is 5.69 Å². The number of carboxylic acid groups (broad SMARTS) is 1. The molecule has 0 aliphatic heterocycles. The van der Waals surface area contributed by atoms with Crippen molar-refractivity contribution in [2.24, 2.45) is 0 Å². The Labute approximate surface area is 123 Å². The molecule has 0 aromatic carbocycles. The zero-order chi connectivity index (χ0) is 14.5. The number of carbonyl (C=O) groups excluding carboxylic acids is 1. The number of aryl methyl sites for hydroxylation is 1. The fourth-order valence-corrected chi connectivity index (χ4v) is 2.93. The number of carboxylic acids is 1. The molecule has 1 amide bonds. The van der Waals surface area contributed by atoms with Gasteiger partial charge in [-0.1, -0.05) is 0 Å². The minimum absolute atomic E-state index is 0.0503. The molecule has 2 rings (SSSR count). The second kappa shape index (κ2) is 6.58. The third-order valence-corrected chi connectivity index (χ3v) is 4.17. The molecule has 0 aliphatic carbocycles. The predicted octanol–water partition coefficient (Wildman–Crippen LogP) is 1.51.